The van der Waals surface area contributed by atoms with E-state index in [1.807, 2.05) is 0 Å². The Balaban J connectivity index is 1.91. The standard InChI is InChI=1S/C13H22N2O3/c1-13(12(17)18)4-2-6-15(9-13)11(16)7-10-3-5-14-8-10/h10,14H,2-9H2,1H3,(H,17,18). The molecule has 5 nitrogen and oxygen atoms in total. The van der Waals surface area contributed by atoms with Crippen LogP contribution in [0.5, 0.6) is 0 Å². The topological polar surface area (TPSA) is 69.6 Å². The predicted molar refractivity (Wildman–Crippen MR) is 67.2 cm³/mol. The average molecular weight is 254 g/mol. The summed E-state index contributed by atoms with van der Waals surface area (Å²) in [6.07, 6.45) is 3.06. The lowest BCUT2D eigenvalue weighted by Crippen LogP contribution is -2.48. The Morgan fingerprint density at radius 3 is 2.89 bits per heavy atom. The molecule has 0 aliphatic carbocycles. The van der Waals surface area contributed by atoms with E-state index in [1.165, 1.54) is 0 Å². The first-order valence-electron chi connectivity index (χ1n) is 6.73. The van der Waals surface area contributed by atoms with Crippen LogP contribution >= 0.6 is 0 Å². The molecule has 0 aromatic heterocycles. The van der Waals surface area contributed by atoms with Crippen LogP contribution in [0.2, 0.25) is 0 Å². The number of amides is 1. The van der Waals surface area contributed by atoms with Crippen molar-refractivity contribution >= 4 is 11.9 Å². The Hall–Kier alpha value is -1.10. The minimum Gasteiger partial charge on any atom is -0.481 e. The third-order valence-electron chi connectivity index (χ3n) is 4.19. The Kier molecular flexibility index (Phi) is 3.90. The molecule has 0 radical (unpaired) electrons. The van der Waals surface area contributed by atoms with Crippen LogP contribution in [-0.2, 0) is 9.59 Å². The lowest BCUT2D eigenvalue weighted by Gasteiger charge is -2.37. The summed E-state index contributed by atoms with van der Waals surface area (Å²) in [6, 6.07) is 0. The lowest BCUT2D eigenvalue weighted by molar-refractivity contribution is -0.153. The second-order valence-corrected chi connectivity index (χ2v) is 5.85. The van der Waals surface area contributed by atoms with Crippen molar-refractivity contribution in [2.45, 2.75) is 32.6 Å². The molecule has 0 saturated carbocycles. The number of carbonyl (C=O) groups excluding carboxylic acids is 1. The van der Waals surface area contributed by atoms with Gasteiger partial charge in [-0.15, -0.1) is 0 Å². The van der Waals surface area contributed by atoms with Crippen molar-refractivity contribution in [3.63, 3.8) is 0 Å². The van der Waals surface area contributed by atoms with Gasteiger partial charge in [-0.1, -0.05) is 0 Å². The smallest absolute Gasteiger partial charge is 0.311 e. The van der Waals surface area contributed by atoms with Crippen molar-refractivity contribution in [3.8, 4) is 0 Å². The number of nitrogens with zero attached hydrogens (tertiary/aromatic N) is 1. The van der Waals surface area contributed by atoms with Gasteiger partial charge in [-0.25, -0.2) is 0 Å². The number of rotatable bonds is 3. The number of carbonyl (C=O) groups is 2. The van der Waals surface area contributed by atoms with Gasteiger partial charge >= 0.3 is 5.97 Å². The van der Waals surface area contributed by atoms with E-state index in [1.54, 1.807) is 11.8 Å². The molecule has 0 aromatic carbocycles. The normalized spacial score (nSPS) is 32.5. The SMILES string of the molecule is CC1(C(=O)O)CCCN(C(=O)CC2CCNC2)C1. The molecule has 5 heteroatoms. The fraction of sp³-hybridized carbons (Fsp3) is 0.846. The summed E-state index contributed by atoms with van der Waals surface area (Å²) < 4.78 is 0. The Morgan fingerprint density at radius 2 is 2.28 bits per heavy atom. The first-order chi connectivity index (χ1) is 8.51. The van der Waals surface area contributed by atoms with E-state index in [9.17, 15) is 14.7 Å². The highest BCUT2D eigenvalue weighted by atomic mass is 16.4. The molecule has 2 unspecified atom stereocenters. The van der Waals surface area contributed by atoms with Crippen LogP contribution < -0.4 is 5.32 Å². The third-order valence-corrected chi connectivity index (χ3v) is 4.19. The van der Waals surface area contributed by atoms with Crippen molar-refractivity contribution in [1.82, 2.24) is 10.2 Å². The monoisotopic (exact) mass is 254 g/mol. The number of likely N-dealkylation sites (tertiary alicyclic amines) is 1. The number of aliphatic carboxylic acids is 1. The molecule has 2 rings (SSSR count). The first kappa shape index (κ1) is 13.3. The highest BCUT2D eigenvalue weighted by Gasteiger charge is 2.39. The van der Waals surface area contributed by atoms with Gasteiger partial charge in [0.15, 0.2) is 0 Å². The number of carboxylic acid groups (broad SMARTS) is 1. The van der Waals surface area contributed by atoms with E-state index < -0.39 is 11.4 Å². The van der Waals surface area contributed by atoms with Gasteiger partial charge in [-0.05, 0) is 45.2 Å². The van der Waals surface area contributed by atoms with Gasteiger partial charge in [0.2, 0.25) is 5.91 Å². The molecule has 0 bridgehead atoms. The Bertz CT molecular complexity index is 339. The molecule has 2 saturated heterocycles. The number of hydrogen-bond donors (Lipinski definition) is 2. The number of hydrogen-bond acceptors (Lipinski definition) is 3. The second-order valence-electron chi connectivity index (χ2n) is 5.85. The van der Waals surface area contributed by atoms with Crippen molar-refractivity contribution in [1.29, 1.82) is 0 Å². The summed E-state index contributed by atoms with van der Waals surface area (Å²) in [6.45, 7) is 4.72. The summed E-state index contributed by atoms with van der Waals surface area (Å²) in [5.74, 6) is -0.242. The zero-order chi connectivity index (χ0) is 13.2. The maximum absolute atomic E-state index is 12.2. The highest BCUT2D eigenvalue weighted by Crippen LogP contribution is 2.30. The third kappa shape index (κ3) is 2.83. The van der Waals surface area contributed by atoms with Gasteiger partial charge in [-0.2, -0.15) is 0 Å². The molecule has 0 spiro atoms. The van der Waals surface area contributed by atoms with Gasteiger partial charge in [0.05, 0.1) is 5.41 Å². The average Bonchev–Trinajstić information content (AvgIpc) is 2.81. The number of nitrogens with one attached hydrogen (secondary N) is 1. The van der Waals surface area contributed by atoms with Crippen LogP contribution in [-0.4, -0.2) is 48.1 Å². The molecule has 2 aliphatic rings. The zero-order valence-electron chi connectivity index (χ0n) is 10.9. The molecular formula is C13H22N2O3. The quantitative estimate of drug-likeness (QED) is 0.778. The largest absolute Gasteiger partial charge is 0.481 e. The van der Waals surface area contributed by atoms with Gasteiger partial charge in [-0.3, -0.25) is 9.59 Å². The molecule has 2 fully saturated rings. The fourth-order valence-corrected chi connectivity index (χ4v) is 2.89. The van der Waals surface area contributed by atoms with Crippen molar-refractivity contribution < 1.29 is 14.7 Å². The Morgan fingerprint density at radius 1 is 1.50 bits per heavy atom. The molecule has 102 valence electrons. The van der Waals surface area contributed by atoms with E-state index in [0.29, 0.717) is 31.8 Å². The van der Waals surface area contributed by atoms with Crippen LogP contribution in [0.4, 0.5) is 0 Å². The van der Waals surface area contributed by atoms with E-state index in [2.05, 4.69) is 5.32 Å². The molecule has 1 amide bonds. The highest BCUT2D eigenvalue weighted by molar-refractivity contribution is 5.79. The van der Waals surface area contributed by atoms with Gasteiger partial charge in [0.1, 0.15) is 0 Å². The van der Waals surface area contributed by atoms with Crippen molar-refractivity contribution in [2.75, 3.05) is 26.2 Å². The zero-order valence-corrected chi connectivity index (χ0v) is 10.9. The van der Waals surface area contributed by atoms with Crippen LogP contribution in [0.3, 0.4) is 0 Å². The van der Waals surface area contributed by atoms with Crippen LogP contribution in [0.1, 0.15) is 32.6 Å². The van der Waals surface area contributed by atoms with Crippen LogP contribution in [0.25, 0.3) is 0 Å². The minimum absolute atomic E-state index is 0.121. The molecule has 2 N–H and O–H groups in total. The first-order valence-corrected chi connectivity index (χ1v) is 6.73. The van der Waals surface area contributed by atoms with E-state index in [-0.39, 0.29) is 5.91 Å². The molecular weight excluding hydrogens is 232 g/mol. The summed E-state index contributed by atoms with van der Waals surface area (Å²) >= 11 is 0. The fourth-order valence-electron chi connectivity index (χ4n) is 2.89. The summed E-state index contributed by atoms with van der Waals surface area (Å²) in [5.41, 5.74) is -0.762. The summed E-state index contributed by atoms with van der Waals surface area (Å²) in [5, 5.41) is 12.5. The predicted octanol–water partition coefficient (Wildman–Crippen LogP) is 0.699. The molecule has 2 atom stereocenters. The van der Waals surface area contributed by atoms with Crippen LogP contribution in [0, 0.1) is 11.3 Å². The number of piperidine rings is 1. The van der Waals surface area contributed by atoms with Crippen LogP contribution in [0.15, 0.2) is 0 Å². The van der Waals surface area contributed by atoms with Gasteiger partial charge in [0.25, 0.3) is 0 Å². The van der Waals surface area contributed by atoms with Gasteiger partial charge in [0, 0.05) is 19.5 Å². The van der Waals surface area contributed by atoms with E-state index in [4.69, 9.17) is 0 Å². The number of carboxylic acids is 1. The molecule has 0 aromatic rings. The van der Waals surface area contributed by atoms with E-state index in [0.717, 1.165) is 25.9 Å². The maximum atomic E-state index is 12.2. The minimum atomic E-state index is -0.789. The second kappa shape index (κ2) is 5.26. The van der Waals surface area contributed by atoms with Crippen molar-refractivity contribution in [2.24, 2.45) is 11.3 Å². The molecule has 2 heterocycles. The molecule has 18 heavy (non-hydrogen) atoms. The van der Waals surface area contributed by atoms with E-state index >= 15 is 0 Å². The summed E-state index contributed by atoms with van der Waals surface area (Å²) in [4.78, 5) is 25.2. The maximum Gasteiger partial charge on any atom is 0.311 e. The van der Waals surface area contributed by atoms with Gasteiger partial charge < -0.3 is 15.3 Å². The lowest BCUT2D eigenvalue weighted by atomic mass is 9.82. The van der Waals surface area contributed by atoms with Crippen molar-refractivity contribution in [3.05, 3.63) is 0 Å². The Labute approximate surface area is 108 Å². The molecule has 2 aliphatic heterocycles. The summed E-state index contributed by atoms with van der Waals surface area (Å²) in [7, 11) is 0.